The number of anilines is 1. The van der Waals surface area contributed by atoms with Gasteiger partial charge in [0.1, 0.15) is 6.54 Å². The molecule has 1 aromatic heterocycles. The van der Waals surface area contributed by atoms with E-state index in [-0.39, 0.29) is 18.0 Å². The maximum atomic E-state index is 14.0. The summed E-state index contributed by atoms with van der Waals surface area (Å²) in [5, 5.41) is 2.88. The Morgan fingerprint density at radius 3 is 2.40 bits per heavy atom. The van der Waals surface area contributed by atoms with Crippen molar-refractivity contribution in [3.8, 4) is 0 Å². The van der Waals surface area contributed by atoms with Crippen LogP contribution in [0.15, 0.2) is 48.9 Å². The Morgan fingerprint density at radius 2 is 1.71 bits per heavy atom. The van der Waals surface area contributed by atoms with Crippen LogP contribution in [-0.2, 0) is 19.7 Å². The van der Waals surface area contributed by atoms with Crippen molar-refractivity contribution >= 4 is 17.7 Å². The third-order valence-electron chi connectivity index (χ3n) is 8.53. The molecule has 186 valence electrons. The minimum atomic E-state index is -0.554. The molecule has 4 aliphatic rings. The predicted octanol–water partition coefficient (Wildman–Crippen LogP) is 4.25. The molecule has 2 aromatic rings. The van der Waals surface area contributed by atoms with E-state index in [9.17, 15) is 9.59 Å². The summed E-state index contributed by atoms with van der Waals surface area (Å²) >= 11 is 0. The number of benzene rings is 1. The minimum Gasteiger partial charge on any atom is -0.455 e. The number of hydrogen-bond acceptors (Lipinski definition) is 5. The summed E-state index contributed by atoms with van der Waals surface area (Å²) in [5.41, 5.74) is 0.544. The molecule has 1 aromatic carbocycles. The molecule has 4 heterocycles. The molecule has 6 rings (SSSR count). The van der Waals surface area contributed by atoms with Gasteiger partial charge in [0.15, 0.2) is 18.5 Å². The van der Waals surface area contributed by atoms with Crippen LogP contribution in [0.25, 0.3) is 0 Å². The Labute approximate surface area is 207 Å². The summed E-state index contributed by atoms with van der Waals surface area (Å²) in [5.74, 6) is 0.756. The third kappa shape index (κ3) is 5.25. The molecule has 2 bridgehead atoms. The number of quaternary nitrogens is 1. The second-order valence-corrected chi connectivity index (χ2v) is 10.8. The van der Waals surface area contributed by atoms with Gasteiger partial charge in [-0.25, -0.2) is 4.98 Å². The van der Waals surface area contributed by atoms with Crippen LogP contribution in [-0.4, -0.2) is 58.6 Å². The van der Waals surface area contributed by atoms with Gasteiger partial charge in [-0.2, -0.15) is 0 Å². The van der Waals surface area contributed by atoms with Gasteiger partial charge in [-0.15, -0.1) is 0 Å². The molecular formula is C28H37N4O3+. The summed E-state index contributed by atoms with van der Waals surface area (Å²) in [6.45, 7) is 3.00. The number of carbonyl (C=O) groups is 2. The van der Waals surface area contributed by atoms with E-state index in [0.717, 1.165) is 63.7 Å². The summed E-state index contributed by atoms with van der Waals surface area (Å²) in [6, 6.07) is 10.3. The predicted molar refractivity (Wildman–Crippen MR) is 133 cm³/mol. The maximum absolute atomic E-state index is 14.0. The van der Waals surface area contributed by atoms with Gasteiger partial charge in [0.2, 0.25) is 0 Å². The molecule has 1 saturated carbocycles. The van der Waals surface area contributed by atoms with Crippen LogP contribution in [0.1, 0.15) is 63.4 Å². The Bertz CT molecular complexity index is 997. The molecule has 0 spiro atoms. The normalized spacial score (nSPS) is 27.9. The molecule has 1 aliphatic carbocycles. The standard InChI is InChI=1S/C28H36N4O3/c33-26(31-25-19-29-15-16-30-25)21-32-17-11-22(12-18-32)24(20-32)35-27(34)28(23-9-5-4-6-10-23)13-7-2-1-3-8-14-28/h4-6,9-10,15-16,19,22,24H,1-3,7-8,11-14,17-18,20-21H2/p+1/t22?,24-,32?/m0/s1. The van der Waals surface area contributed by atoms with Gasteiger partial charge in [-0.3, -0.25) is 14.6 Å². The first-order valence-corrected chi connectivity index (χ1v) is 13.3. The van der Waals surface area contributed by atoms with Crippen LogP contribution in [0.2, 0.25) is 0 Å². The highest BCUT2D eigenvalue weighted by atomic mass is 16.5. The Morgan fingerprint density at radius 1 is 1.00 bits per heavy atom. The number of rotatable bonds is 6. The zero-order chi connectivity index (χ0) is 24.1. The van der Waals surface area contributed by atoms with Crippen LogP contribution in [0.4, 0.5) is 5.82 Å². The van der Waals surface area contributed by atoms with Gasteiger partial charge in [0, 0.05) is 31.2 Å². The van der Waals surface area contributed by atoms with Crippen LogP contribution >= 0.6 is 0 Å². The molecule has 0 radical (unpaired) electrons. The number of carbonyl (C=O) groups excluding carboxylic acids is 2. The van der Waals surface area contributed by atoms with E-state index in [1.54, 1.807) is 18.6 Å². The Balaban J connectivity index is 1.30. The van der Waals surface area contributed by atoms with Crippen molar-refractivity contribution in [3.63, 3.8) is 0 Å². The van der Waals surface area contributed by atoms with Crippen LogP contribution < -0.4 is 5.32 Å². The fourth-order valence-electron chi connectivity index (χ4n) is 6.55. The number of hydrogen-bond donors (Lipinski definition) is 1. The second kappa shape index (κ2) is 10.4. The van der Waals surface area contributed by atoms with Gasteiger partial charge in [-0.1, -0.05) is 62.4 Å². The smallest absolute Gasteiger partial charge is 0.317 e. The minimum absolute atomic E-state index is 0.0495. The number of nitrogens with zero attached hydrogens (tertiary/aromatic N) is 3. The highest BCUT2D eigenvalue weighted by Crippen LogP contribution is 2.41. The van der Waals surface area contributed by atoms with Crippen molar-refractivity contribution in [2.45, 2.75) is 69.3 Å². The molecule has 3 saturated heterocycles. The SMILES string of the molecule is O=C(C[N+]12CCC(CC1)[C@@H](OC(=O)C1(c3ccccc3)CCCCCCC1)C2)Nc1cnccn1. The van der Waals surface area contributed by atoms with Crippen molar-refractivity contribution in [1.29, 1.82) is 0 Å². The molecule has 0 unspecified atom stereocenters. The number of piperidine rings is 3. The summed E-state index contributed by atoms with van der Waals surface area (Å²) in [6.07, 6.45) is 14.0. The zero-order valence-electron chi connectivity index (χ0n) is 20.5. The van der Waals surface area contributed by atoms with Crippen molar-refractivity contribution < 1.29 is 18.8 Å². The number of esters is 1. The molecule has 7 heteroatoms. The second-order valence-electron chi connectivity index (χ2n) is 10.8. The largest absolute Gasteiger partial charge is 0.455 e. The van der Waals surface area contributed by atoms with Crippen molar-refractivity contribution in [2.24, 2.45) is 5.92 Å². The first-order valence-electron chi connectivity index (χ1n) is 13.3. The van der Waals surface area contributed by atoms with Crippen molar-refractivity contribution in [1.82, 2.24) is 9.97 Å². The highest BCUT2D eigenvalue weighted by molar-refractivity contribution is 5.90. The first-order chi connectivity index (χ1) is 17.1. The lowest BCUT2D eigenvalue weighted by Crippen LogP contribution is -2.66. The lowest BCUT2D eigenvalue weighted by Gasteiger charge is -2.52. The first kappa shape index (κ1) is 23.9. The molecule has 7 nitrogen and oxygen atoms in total. The highest BCUT2D eigenvalue weighted by Gasteiger charge is 2.50. The monoisotopic (exact) mass is 477 g/mol. The van der Waals surface area contributed by atoms with Crippen LogP contribution in [0.5, 0.6) is 0 Å². The van der Waals surface area contributed by atoms with Gasteiger partial charge in [-0.05, 0) is 18.4 Å². The van der Waals surface area contributed by atoms with Gasteiger partial charge < -0.3 is 14.5 Å². The summed E-state index contributed by atoms with van der Waals surface area (Å²) in [4.78, 5) is 35.0. The fraction of sp³-hybridized carbons (Fsp3) is 0.571. The molecule has 1 amide bonds. The number of aromatic nitrogens is 2. The molecule has 1 N–H and O–H groups in total. The molecular weight excluding hydrogens is 440 g/mol. The van der Waals surface area contributed by atoms with E-state index in [2.05, 4.69) is 27.4 Å². The molecule has 35 heavy (non-hydrogen) atoms. The van der Waals surface area contributed by atoms with E-state index in [0.29, 0.717) is 22.8 Å². The van der Waals surface area contributed by atoms with E-state index < -0.39 is 5.41 Å². The van der Waals surface area contributed by atoms with E-state index in [1.165, 1.54) is 19.3 Å². The number of fused-ring (bicyclic) bond motifs is 3. The quantitative estimate of drug-likeness (QED) is 0.497. The number of ether oxygens (including phenoxy) is 1. The van der Waals surface area contributed by atoms with Gasteiger partial charge >= 0.3 is 5.97 Å². The lowest BCUT2D eigenvalue weighted by atomic mass is 9.71. The Hall–Kier alpha value is -2.80. The van der Waals surface area contributed by atoms with E-state index in [1.807, 2.05) is 18.2 Å². The topological polar surface area (TPSA) is 81.2 Å². The maximum Gasteiger partial charge on any atom is 0.317 e. The Kier molecular flexibility index (Phi) is 7.14. The molecule has 4 fully saturated rings. The molecule has 1 atom stereocenters. The van der Waals surface area contributed by atoms with Crippen LogP contribution in [0, 0.1) is 5.92 Å². The average Bonchev–Trinajstić information content (AvgIpc) is 2.85. The van der Waals surface area contributed by atoms with E-state index in [4.69, 9.17) is 4.74 Å². The zero-order valence-corrected chi connectivity index (χ0v) is 20.5. The fourth-order valence-corrected chi connectivity index (χ4v) is 6.55. The lowest BCUT2D eigenvalue weighted by molar-refractivity contribution is -0.939. The van der Waals surface area contributed by atoms with Gasteiger partial charge in [0.05, 0.1) is 24.7 Å². The van der Waals surface area contributed by atoms with E-state index >= 15 is 0 Å². The van der Waals surface area contributed by atoms with Gasteiger partial charge in [0.25, 0.3) is 5.91 Å². The van der Waals surface area contributed by atoms with Crippen molar-refractivity contribution in [3.05, 3.63) is 54.5 Å². The summed E-state index contributed by atoms with van der Waals surface area (Å²) in [7, 11) is 0. The number of amides is 1. The summed E-state index contributed by atoms with van der Waals surface area (Å²) < 4.78 is 7.11. The van der Waals surface area contributed by atoms with Crippen LogP contribution in [0.3, 0.4) is 0 Å². The average molecular weight is 478 g/mol. The third-order valence-corrected chi connectivity index (χ3v) is 8.53. The number of nitrogens with one attached hydrogen (secondary N) is 1. The van der Waals surface area contributed by atoms with Crippen molar-refractivity contribution in [2.75, 3.05) is 31.5 Å². The molecule has 3 aliphatic heterocycles.